The van der Waals surface area contributed by atoms with Gasteiger partial charge < -0.3 is 14.5 Å². The van der Waals surface area contributed by atoms with Crippen molar-refractivity contribution in [3.05, 3.63) is 11.7 Å². The summed E-state index contributed by atoms with van der Waals surface area (Å²) in [5.74, 6) is -0.0374. The van der Waals surface area contributed by atoms with Gasteiger partial charge in [-0.3, -0.25) is 9.59 Å². The highest BCUT2D eigenvalue weighted by Crippen LogP contribution is 2.20. The van der Waals surface area contributed by atoms with Gasteiger partial charge in [-0.15, -0.1) is 12.4 Å². The summed E-state index contributed by atoms with van der Waals surface area (Å²) in [6, 6.07) is 0. The number of rotatable bonds is 5. The van der Waals surface area contributed by atoms with Crippen LogP contribution < -0.4 is 0 Å². The van der Waals surface area contributed by atoms with E-state index < -0.39 is 11.9 Å². The van der Waals surface area contributed by atoms with Crippen LogP contribution >= 0.6 is 12.4 Å². The first-order valence-electron chi connectivity index (χ1n) is 7.61. The number of halogens is 1. The second-order valence-electron chi connectivity index (χ2n) is 6.78. The second-order valence-corrected chi connectivity index (χ2v) is 6.78. The van der Waals surface area contributed by atoms with Crippen molar-refractivity contribution >= 4 is 24.3 Å². The molecule has 0 bridgehead atoms. The molecule has 8 heteroatoms. The van der Waals surface area contributed by atoms with Gasteiger partial charge in [-0.05, 0) is 12.8 Å². The highest BCUT2D eigenvalue weighted by atomic mass is 35.5. The number of carboxylic acids is 1. The molecule has 0 aliphatic carbocycles. The van der Waals surface area contributed by atoms with Crippen molar-refractivity contribution in [2.75, 3.05) is 13.1 Å². The van der Waals surface area contributed by atoms with Gasteiger partial charge in [-0.1, -0.05) is 25.9 Å². The summed E-state index contributed by atoms with van der Waals surface area (Å²) in [6.07, 6.45) is 2.10. The molecule has 1 aromatic heterocycles. The SMILES string of the molecule is CC(C)(C)c1noc(CCCC(=O)N2CCC(C(=O)O)C2)n1.Cl. The molecule has 1 unspecified atom stereocenters. The quantitative estimate of drug-likeness (QED) is 0.877. The zero-order valence-corrected chi connectivity index (χ0v) is 14.6. The first-order valence-corrected chi connectivity index (χ1v) is 7.61. The van der Waals surface area contributed by atoms with Crippen LogP contribution in [-0.4, -0.2) is 45.1 Å². The third kappa shape index (κ3) is 5.20. The van der Waals surface area contributed by atoms with Gasteiger partial charge in [0.05, 0.1) is 5.92 Å². The van der Waals surface area contributed by atoms with Crippen LogP contribution in [0, 0.1) is 5.92 Å². The van der Waals surface area contributed by atoms with Crippen molar-refractivity contribution in [2.24, 2.45) is 5.92 Å². The molecule has 23 heavy (non-hydrogen) atoms. The standard InChI is InChI=1S/C15H23N3O4.ClH/c1-15(2,3)14-16-11(22-17-14)5-4-6-12(19)18-8-7-10(9-18)13(20)21;/h10H,4-9H2,1-3H3,(H,20,21);1H. The summed E-state index contributed by atoms with van der Waals surface area (Å²) in [6.45, 7) is 6.89. The normalized spacial score (nSPS) is 17.9. The molecular formula is C15H24ClN3O4. The zero-order chi connectivity index (χ0) is 16.3. The van der Waals surface area contributed by atoms with Crippen LogP contribution in [0.1, 0.15) is 51.7 Å². The summed E-state index contributed by atoms with van der Waals surface area (Å²) >= 11 is 0. The number of aryl methyl sites for hydroxylation is 1. The lowest BCUT2D eigenvalue weighted by Crippen LogP contribution is -2.29. The predicted octanol–water partition coefficient (Wildman–Crippen LogP) is 2.04. The summed E-state index contributed by atoms with van der Waals surface area (Å²) in [5, 5.41) is 12.9. The van der Waals surface area contributed by atoms with E-state index in [1.165, 1.54) is 0 Å². The van der Waals surface area contributed by atoms with Gasteiger partial charge in [0, 0.05) is 31.3 Å². The van der Waals surface area contributed by atoms with E-state index in [0.29, 0.717) is 50.5 Å². The van der Waals surface area contributed by atoms with Crippen LogP contribution in [0.25, 0.3) is 0 Å². The molecule has 1 aliphatic rings. The van der Waals surface area contributed by atoms with E-state index in [9.17, 15) is 9.59 Å². The Kier molecular flexibility index (Phi) is 6.56. The van der Waals surface area contributed by atoms with Gasteiger partial charge in [-0.2, -0.15) is 4.98 Å². The number of likely N-dealkylation sites (tertiary alicyclic amines) is 1. The molecule has 1 atom stereocenters. The van der Waals surface area contributed by atoms with Gasteiger partial charge in [-0.25, -0.2) is 0 Å². The summed E-state index contributed by atoms with van der Waals surface area (Å²) in [4.78, 5) is 28.9. The van der Waals surface area contributed by atoms with E-state index >= 15 is 0 Å². The second kappa shape index (κ2) is 7.77. The summed E-state index contributed by atoms with van der Waals surface area (Å²) < 4.78 is 5.18. The minimum Gasteiger partial charge on any atom is -0.481 e. The lowest BCUT2D eigenvalue weighted by molar-refractivity contribution is -0.141. The van der Waals surface area contributed by atoms with Gasteiger partial charge in [0.2, 0.25) is 11.8 Å². The Bertz CT molecular complexity index is 553. The van der Waals surface area contributed by atoms with Gasteiger partial charge >= 0.3 is 5.97 Å². The Morgan fingerprint density at radius 3 is 2.61 bits per heavy atom. The molecule has 0 radical (unpaired) electrons. The number of hydrogen-bond donors (Lipinski definition) is 1. The van der Waals surface area contributed by atoms with Crippen molar-refractivity contribution in [2.45, 2.75) is 51.9 Å². The first-order chi connectivity index (χ1) is 10.3. The van der Waals surface area contributed by atoms with Gasteiger partial charge in [0.25, 0.3) is 0 Å². The largest absolute Gasteiger partial charge is 0.481 e. The Hall–Kier alpha value is -1.63. The zero-order valence-electron chi connectivity index (χ0n) is 13.7. The molecule has 1 saturated heterocycles. The number of carbonyl (C=O) groups excluding carboxylic acids is 1. The minimum absolute atomic E-state index is 0. The van der Waals surface area contributed by atoms with E-state index in [1.807, 2.05) is 20.8 Å². The average molecular weight is 346 g/mol. The number of carbonyl (C=O) groups is 2. The average Bonchev–Trinajstić information content (AvgIpc) is 3.07. The smallest absolute Gasteiger partial charge is 0.308 e. The monoisotopic (exact) mass is 345 g/mol. The molecule has 2 rings (SSSR count). The lowest BCUT2D eigenvalue weighted by Gasteiger charge is -2.15. The molecule has 1 fully saturated rings. The molecule has 0 saturated carbocycles. The summed E-state index contributed by atoms with van der Waals surface area (Å²) in [5.41, 5.74) is -0.154. The maximum Gasteiger partial charge on any atom is 0.308 e. The molecule has 2 heterocycles. The highest BCUT2D eigenvalue weighted by molar-refractivity contribution is 5.85. The molecular weight excluding hydrogens is 322 g/mol. The number of nitrogens with zero attached hydrogens (tertiary/aromatic N) is 3. The number of aromatic nitrogens is 2. The number of amides is 1. The molecule has 130 valence electrons. The van der Waals surface area contributed by atoms with Crippen molar-refractivity contribution in [1.82, 2.24) is 15.0 Å². The van der Waals surface area contributed by atoms with E-state index in [-0.39, 0.29) is 23.7 Å². The van der Waals surface area contributed by atoms with Crippen LogP contribution in [0.5, 0.6) is 0 Å². The number of hydrogen-bond acceptors (Lipinski definition) is 5. The predicted molar refractivity (Wildman–Crippen MR) is 85.5 cm³/mol. The fraction of sp³-hybridized carbons (Fsp3) is 0.733. The number of carboxylic acid groups (broad SMARTS) is 1. The molecule has 1 aliphatic heterocycles. The van der Waals surface area contributed by atoms with Crippen LogP contribution in [0.3, 0.4) is 0 Å². The fourth-order valence-corrected chi connectivity index (χ4v) is 2.40. The van der Waals surface area contributed by atoms with E-state index in [1.54, 1.807) is 4.90 Å². The minimum atomic E-state index is -0.823. The van der Waals surface area contributed by atoms with Gasteiger partial charge in [0.1, 0.15) is 0 Å². The highest BCUT2D eigenvalue weighted by Gasteiger charge is 2.30. The van der Waals surface area contributed by atoms with Crippen molar-refractivity contribution in [3.63, 3.8) is 0 Å². The van der Waals surface area contributed by atoms with Crippen molar-refractivity contribution in [1.29, 1.82) is 0 Å². The van der Waals surface area contributed by atoms with Crippen LogP contribution in [0.15, 0.2) is 4.52 Å². The van der Waals surface area contributed by atoms with Crippen molar-refractivity contribution in [3.8, 4) is 0 Å². The van der Waals surface area contributed by atoms with Crippen LogP contribution in [0.4, 0.5) is 0 Å². The molecule has 1 amide bonds. The molecule has 1 N–H and O–H groups in total. The van der Waals surface area contributed by atoms with Gasteiger partial charge in [0.15, 0.2) is 5.82 Å². The van der Waals surface area contributed by atoms with Crippen molar-refractivity contribution < 1.29 is 19.2 Å². The molecule has 7 nitrogen and oxygen atoms in total. The Labute approximate surface area is 141 Å². The third-order valence-corrected chi connectivity index (χ3v) is 3.81. The molecule has 1 aromatic rings. The maximum atomic E-state index is 12.0. The molecule has 0 spiro atoms. The van der Waals surface area contributed by atoms with E-state index in [2.05, 4.69) is 10.1 Å². The van der Waals surface area contributed by atoms with E-state index in [0.717, 1.165) is 0 Å². The molecule has 0 aromatic carbocycles. The van der Waals surface area contributed by atoms with Crippen LogP contribution in [-0.2, 0) is 21.4 Å². The fourth-order valence-electron chi connectivity index (χ4n) is 2.40. The Balaban J connectivity index is 0.00000264. The topological polar surface area (TPSA) is 96.5 Å². The first kappa shape index (κ1) is 19.4. The van der Waals surface area contributed by atoms with Crippen LogP contribution in [0.2, 0.25) is 0 Å². The Morgan fingerprint density at radius 2 is 2.09 bits per heavy atom. The lowest BCUT2D eigenvalue weighted by atomic mass is 9.96. The number of aliphatic carboxylic acids is 1. The van der Waals surface area contributed by atoms with E-state index in [4.69, 9.17) is 9.63 Å². The maximum absolute atomic E-state index is 12.0. The summed E-state index contributed by atoms with van der Waals surface area (Å²) in [7, 11) is 0. The third-order valence-electron chi connectivity index (χ3n) is 3.81. The Morgan fingerprint density at radius 1 is 1.39 bits per heavy atom.